The van der Waals surface area contributed by atoms with Gasteiger partial charge >= 0.3 is 6.18 Å². The van der Waals surface area contributed by atoms with Crippen LogP contribution in [0.5, 0.6) is 0 Å². The minimum Gasteiger partial charge on any atom is -0.399 e. The molecule has 2 aliphatic carbocycles. The molecule has 2 aromatic rings. The van der Waals surface area contributed by atoms with E-state index in [2.05, 4.69) is 45.0 Å². The third-order valence-corrected chi connectivity index (χ3v) is 8.02. The summed E-state index contributed by atoms with van der Waals surface area (Å²) in [4.78, 5) is 5.13. The number of halogens is 3. The van der Waals surface area contributed by atoms with Crippen LogP contribution in [0.25, 0.3) is 0 Å². The van der Waals surface area contributed by atoms with Crippen molar-refractivity contribution in [2.45, 2.75) is 77.3 Å². The molecular formula is C28H34F3NO. The van der Waals surface area contributed by atoms with E-state index in [1.807, 2.05) is 0 Å². The van der Waals surface area contributed by atoms with Crippen LogP contribution in [-0.2, 0) is 22.8 Å². The highest BCUT2D eigenvalue weighted by atomic mass is 19.4. The molecule has 2 aromatic carbocycles. The Hall–Kier alpha value is -2.30. The number of rotatable bonds is 4. The maximum Gasteiger partial charge on any atom is 0.417 e. The third-order valence-electron chi connectivity index (χ3n) is 8.02. The van der Waals surface area contributed by atoms with Crippen molar-refractivity contribution in [2.75, 3.05) is 7.11 Å². The van der Waals surface area contributed by atoms with Gasteiger partial charge in [0.2, 0.25) is 0 Å². The summed E-state index contributed by atoms with van der Waals surface area (Å²) >= 11 is 0. The Morgan fingerprint density at radius 1 is 1.12 bits per heavy atom. The molecule has 0 amide bonds. The van der Waals surface area contributed by atoms with Gasteiger partial charge in [0.1, 0.15) is 12.8 Å². The number of benzene rings is 2. The van der Waals surface area contributed by atoms with E-state index >= 15 is 0 Å². The van der Waals surface area contributed by atoms with Gasteiger partial charge in [-0.3, -0.25) is 0 Å². The van der Waals surface area contributed by atoms with Crippen molar-refractivity contribution >= 4 is 5.71 Å². The standard InChI is InChI=1S/C28H34F3NO/c1-17(2)21-15-19-12-13-23-18(3)9-8-14-27(23,4)25(19)16-22(21)26(32-33-5)20-10-6-7-11-24(20)28(29,30)31/h6-7,10-11,15-18,23H,8-9,12-14H2,1-5H3/b32-26+/t18-,23?,27-/m0/s1. The molecule has 4 rings (SSSR count). The van der Waals surface area contributed by atoms with E-state index in [0.29, 0.717) is 11.8 Å². The smallest absolute Gasteiger partial charge is 0.399 e. The molecule has 0 heterocycles. The Bertz CT molecular complexity index is 1060. The van der Waals surface area contributed by atoms with Gasteiger partial charge in [0.25, 0.3) is 0 Å². The molecule has 1 saturated carbocycles. The zero-order valence-electron chi connectivity index (χ0n) is 20.2. The highest BCUT2D eigenvalue weighted by molar-refractivity contribution is 6.14. The summed E-state index contributed by atoms with van der Waals surface area (Å²) in [6, 6.07) is 10.0. The SMILES string of the molecule is CO/N=C(/c1cc2c(cc1C(C)C)CCC1[C@@H](C)CCC[C@]21C)c1ccccc1C(F)(F)F. The predicted octanol–water partition coefficient (Wildman–Crippen LogP) is 7.87. The lowest BCUT2D eigenvalue weighted by Crippen LogP contribution is -2.43. The molecule has 5 heteroatoms. The van der Waals surface area contributed by atoms with Gasteiger partial charge in [0, 0.05) is 11.1 Å². The van der Waals surface area contributed by atoms with Crippen LogP contribution in [0.2, 0.25) is 0 Å². The van der Waals surface area contributed by atoms with Crippen LogP contribution in [0, 0.1) is 11.8 Å². The van der Waals surface area contributed by atoms with Crippen LogP contribution in [0.1, 0.15) is 92.7 Å². The zero-order valence-corrected chi connectivity index (χ0v) is 20.2. The van der Waals surface area contributed by atoms with E-state index in [4.69, 9.17) is 4.84 Å². The van der Waals surface area contributed by atoms with Crippen LogP contribution >= 0.6 is 0 Å². The third kappa shape index (κ3) is 4.20. The number of alkyl halides is 3. The van der Waals surface area contributed by atoms with Crippen molar-refractivity contribution in [1.82, 2.24) is 0 Å². The van der Waals surface area contributed by atoms with Gasteiger partial charge in [-0.1, -0.05) is 70.0 Å². The fraction of sp³-hybridized carbons (Fsp3) is 0.536. The van der Waals surface area contributed by atoms with Crippen molar-refractivity contribution in [1.29, 1.82) is 0 Å². The lowest BCUT2D eigenvalue weighted by atomic mass is 9.55. The molecule has 0 saturated heterocycles. The Morgan fingerprint density at radius 3 is 2.52 bits per heavy atom. The van der Waals surface area contributed by atoms with Crippen molar-refractivity contribution in [3.63, 3.8) is 0 Å². The van der Waals surface area contributed by atoms with Crippen molar-refractivity contribution in [3.8, 4) is 0 Å². The van der Waals surface area contributed by atoms with Gasteiger partial charge in [-0.15, -0.1) is 0 Å². The maximum absolute atomic E-state index is 13.9. The van der Waals surface area contributed by atoms with Gasteiger partial charge < -0.3 is 4.84 Å². The van der Waals surface area contributed by atoms with E-state index in [0.717, 1.165) is 30.0 Å². The van der Waals surface area contributed by atoms with Crippen LogP contribution in [0.15, 0.2) is 41.6 Å². The van der Waals surface area contributed by atoms with E-state index in [9.17, 15) is 13.2 Å². The summed E-state index contributed by atoms with van der Waals surface area (Å²) in [5.41, 5.74) is 4.07. The first-order valence-corrected chi connectivity index (χ1v) is 12.0. The molecule has 0 N–H and O–H groups in total. The number of aryl methyl sites for hydroxylation is 1. The van der Waals surface area contributed by atoms with Gasteiger partial charge in [0.15, 0.2) is 0 Å². The molecule has 0 bridgehead atoms. The van der Waals surface area contributed by atoms with E-state index in [-0.39, 0.29) is 22.6 Å². The molecule has 2 nitrogen and oxygen atoms in total. The van der Waals surface area contributed by atoms with Gasteiger partial charge in [-0.05, 0) is 71.3 Å². The monoisotopic (exact) mass is 457 g/mol. The first-order valence-electron chi connectivity index (χ1n) is 12.0. The van der Waals surface area contributed by atoms with Crippen molar-refractivity contribution < 1.29 is 18.0 Å². The van der Waals surface area contributed by atoms with Gasteiger partial charge in [0.05, 0.1) is 5.56 Å². The summed E-state index contributed by atoms with van der Waals surface area (Å²) < 4.78 is 41.8. The second-order valence-electron chi connectivity index (χ2n) is 10.3. The first kappa shape index (κ1) is 23.8. The normalized spacial score (nSPS) is 25.5. The van der Waals surface area contributed by atoms with Crippen molar-refractivity contribution in [3.05, 3.63) is 69.8 Å². The Labute approximate surface area is 195 Å². The minimum atomic E-state index is -4.48. The topological polar surface area (TPSA) is 21.6 Å². The Morgan fingerprint density at radius 2 is 1.85 bits per heavy atom. The van der Waals surface area contributed by atoms with Crippen LogP contribution in [0.4, 0.5) is 13.2 Å². The number of nitrogens with zero attached hydrogens (tertiary/aromatic N) is 1. The largest absolute Gasteiger partial charge is 0.417 e. The fourth-order valence-electron chi connectivity index (χ4n) is 6.41. The minimum absolute atomic E-state index is 0.0389. The van der Waals surface area contributed by atoms with E-state index < -0.39 is 11.7 Å². The molecule has 0 aliphatic heterocycles. The second kappa shape index (κ2) is 8.81. The van der Waals surface area contributed by atoms with Crippen LogP contribution < -0.4 is 0 Å². The summed E-state index contributed by atoms with van der Waals surface area (Å²) in [6.45, 7) is 8.89. The molecule has 3 atom stereocenters. The van der Waals surface area contributed by atoms with Gasteiger partial charge in [-0.2, -0.15) is 13.2 Å². The average molecular weight is 458 g/mol. The van der Waals surface area contributed by atoms with Crippen molar-refractivity contribution in [2.24, 2.45) is 17.0 Å². The molecule has 33 heavy (non-hydrogen) atoms. The average Bonchev–Trinajstić information content (AvgIpc) is 2.76. The Kier molecular flexibility index (Phi) is 6.36. The highest BCUT2D eigenvalue weighted by Gasteiger charge is 2.45. The summed E-state index contributed by atoms with van der Waals surface area (Å²) in [7, 11) is 1.39. The molecule has 1 fully saturated rings. The fourth-order valence-corrected chi connectivity index (χ4v) is 6.41. The molecule has 0 radical (unpaired) electrons. The molecule has 2 aliphatic rings. The van der Waals surface area contributed by atoms with Crippen LogP contribution in [0.3, 0.4) is 0 Å². The number of hydrogen-bond acceptors (Lipinski definition) is 2. The molecule has 178 valence electrons. The summed E-state index contributed by atoms with van der Waals surface area (Å²) in [6.07, 6.45) is 1.28. The number of oxime groups is 1. The number of hydrogen-bond donors (Lipinski definition) is 0. The quantitative estimate of drug-likeness (QED) is 0.338. The van der Waals surface area contributed by atoms with E-state index in [1.165, 1.54) is 49.6 Å². The first-order chi connectivity index (χ1) is 15.6. The zero-order chi connectivity index (χ0) is 24.0. The Balaban J connectivity index is 1.96. The maximum atomic E-state index is 13.9. The second-order valence-corrected chi connectivity index (χ2v) is 10.3. The highest BCUT2D eigenvalue weighted by Crippen LogP contribution is 2.53. The number of fused-ring (bicyclic) bond motifs is 3. The molecule has 1 unspecified atom stereocenters. The molecular weight excluding hydrogens is 423 g/mol. The summed E-state index contributed by atoms with van der Waals surface area (Å²) in [5.74, 6) is 1.39. The van der Waals surface area contributed by atoms with E-state index in [1.54, 1.807) is 6.07 Å². The lowest BCUT2D eigenvalue weighted by molar-refractivity contribution is -0.137. The van der Waals surface area contributed by atoms with Crippen LogP contribution in [-0.4, -0.2) is 12.8 Å². The molecule has 0 aromatic heterocycles. The molecule has 0 spiro atoms. The summed E-state index contributed by atoms with van der Waals surface area (Å²) in [5, 5.41) is 4.19. The predicted molar refractivity (Wildman–Crippen MR) is 127 cm³/mol. The lowest BCUT2D eigenvalue weighted by Gasteiger charge is -2.50. The van der Waals surface area contributed by atoms with Gasteiger partial charge in [-0.25, -0.2) is 0 Å².